The van der Waals surface area contributed by atoms with E-state index in [-0.39, 0.29) is 6.61 Å². The molecule has 0 heterocycles. The molecule has 0 N–H and O–H groups in total. The molecule has 0 aliphatic rings. The molecule has 1 aromatic carbocycles. The lowest BCUT2D eigenvalue weighted by atomic mass is 10.1. The molecule has 88 valence electrons. The minimum Gasteiger partial charge on any atom is -0.461 e. The number of ether oxygens (including phenoxy) is 2. The first-order valence-corrected chi connectivity index (χ1v) is 5.09. The van der Waals surface area contributed by atoms with Gasteiger partial charge in [0.1, 0.15) is 5.75 Å². The van der Waals surface area contributed by atoms with E-state index in [2.05, 4.69) is 4.74 Å². The summed E-state index contributed by atoms with van der Waals surface area (Å²) in [5.74, 6) is -0.645. The van der Waals surface area contributed by atoms with Gasteiger partial charge in [0.2, 0.25) is 0 Å². The third-order valence-electron chi connectivity index (χ3n) is 2.03. The SMILES string of the molecule is CCOC(=O)C(F)Oc1ccc(C)cc1C. The first-order valence-electron chi connectivity index (χ1n) is 5.09. The Bertz CT molecular complexity index is 377. The molecule has 1 unspecified atom stereocenters. The molecule has 0 spiro atoms. The molecular formula is C12H15FO3. The summed E-state index contributed by atoms with van der Waals surface area (Å²) in [6.45, 7) is 5.46. The zero-order valence-electron chi connectivity index (χ0n) is 9.62. The lowest BCUT2D eigenvalue weighted by Crippen LogP contribution is -2.25. The standard InChI is InChI=1S/C12H15FO3/c1-4-15-12(14)11(13)16-10-6-5-8(2)7-9(10)3/h5-7,11H,4H2,1-3H3. The van der Waals surface area contributed by atoms with Gasteiger partial charge in [0.05, 0.1) is 6.61 Å². The molecule has 0 saturated carbocycles. The fourth-order valence-corrected chi connectivity index (χ4v) is 1.30. The van der Waals surface area contributed by atoms with Gasteiger partial charge in [0.25, 0.3) is 0 Å². The van der Waals surface area contributed by atoms with Gasteiger partial charge >= 0.3 is 12.3 Å². The number of esters is 1. The van der Waals surface area contributed by atoms with Crippen LogP contribution in [0.15, 0.2) is 18.2 Å². The molecule has 16 heavy (non-hydrogen) atoms. The normalized spacial score (nSPS) is 12.0. The van der Waals surface area contributed by atoms with Crippen molar-refractivity contribution in [2.75, 3.05) is 6.61 Å². The van der Waals surface area contributed by atoms with E-state index < -0.39 is 12.3 Å². The van der Waals surface area contributed by atoms with Crippen LogP contribution in [0, 0.1) is 13.8 Å². The maximum absolute atomic E-state index is 13.3. The van der Waals surface area contributed by atoms with E-state index in [4.69, 9.17) is 4.74 Å². The van der Waals surface area contributed by atoms with E-state index in [1.54, 1.807) is 26.0 Å². The van der Waals surface area contributed by atoms with Crippen molar-refractivity contribution >= 4 is 5.97 Å². The third-order valence-corrected chi connectivity index (χ3v) is 2.03. The fraction of sp³-hybridized carbons (Fsp3) is 0.417. The Balaban J connectivity index is 2.69. The minimum atomic E-state index is -2.07. The van der Waals surface area contributed by atoms with Gasteiger partial charge in [0, 0.05) is 0 Å². The Labute approximate surface area is 94.2 Å². The second-order valence-corrected chi connectivity index (χ2v) is 3.45. The van der Waals surface area contributed by atoms with E-state index in [1.165, 1.54) is 0 Å². The van der Waals surface area contributed by atoms with Crippen molar-refractivity contribution in [1.29, 1.82) is 0 Å². The highest BCUT2D eigenvalue weighted by molar-refractivity contribution is 5.73. The summed E-state index contributed by atoms with van der Waals surface area (Å²) in [6.07, 6.45) is -2.07. The van der Waals surface area contributed by atoms with Gasteiger partial charge in [0.15, 0.2) is 0 Å². The highest BCUT2D eigenvalue weighted by Crippen LogP contribution is 2.20. The molecule has 4 heteroatoms. The van der Waals surface area contributed by atoms with Crippen LogP contribution in [-0.4, -0.2) is 18.9 Å². The second-order valence-electron chi connectivity index (χ2n) is 3.45. The maximum Gasteiger partial charge on any atom is 0.381 e. The Kier molecular flexibility index (Phi) is 4.28. The lowest BCUT2D eigenvalue weighted by Gasteiger charge is -2.12. The predicted octanol–water partition coefficient (Wildman–Crippen LogP) is 2.54. The summed E-state index contributed by atoms with van der Waals surface area (Å²) in [6, 6.07) is 5.28. The first-order chi connectivity index (χ1) is 7.54. The minimum absolute atomic E-state index is 0.134. The molecule has 0 aromatic heterocycles. The smallest absolute Gasteiger partial charge is 0.381 e. The van der Waals surface area contributed by atoms with Gasteiger partial charge in [-0.1, -0.05) is 17.7 Å². The number of halogens is 1. The summed E-state index contributed by atoms with van der Waals surface area (Å²) < 4.78 is 22.6. The van der Waals surface area contributed by atoms with Crippen molar-refractivity contribution in [3.63, 3.8) is 0 Å². The van der Waals surface area contributed by atoms with Gasteiger partial charge < -0.3 is 9.47 Å². The van der Waals surface area contributed by atoms with Gasteiger partial charge in [-0.05, 0) is 32.4 Å². The number of carbonyl (C=O) groups is 1. The van der Waals surface area contributed by atoms with Gasteiger partial charge in [-0.2, -0.15) is 4.39 Å². The van der Waals surface area contributed by atoms with Crippen LogP contribution in [-0.2, 0) is 9.53 Å². The number of hydrogen-bond acceptors (Lipinski definition) is 3. The average Bonchev–Trinajstić information content (AvgIpc) is 2.22. The van der Waals surface area contributed by atoms with E-state index >= 15 is 0 Å². The van der Waals surface area contributed by atoms with Crippen molar-refractivity contribution in [1.82, 2.24) is 0 Å². The van der Waals surface area contributed by atoms with Crippen LogP contribution < -0.4 is 4.74 Å². The van der Waals surface area contributed by atoms with E-state index in [1.807, 2.05) is 13.0 Å². The van der Waals surface area contributed by atoms with Crippen LogP contribution in [0.1, 0.15) is 18.1 Å². The van der Waals surface area contributed by atoms with Gasteiger partial charge in [-0.15, -0.1) is 0 Å². The summed E-state index contributed by atoms with van der Waals surface area (Å²) in [5.41, 5.74) is 1.84. The van der Waals surface area contributed by atoms with E-state index in [9.17, 15) is 9.18 Å². The van der Waals surface area contributed by atoms with Crippen LogP contribution in [0.3, 0.4) is 0 Å². The number of rotatable bonds is 4. The van der Waals surface area contributed by atoms with Crippen LogP contribution >= 0.6 is 0 Å². The number of aryl methyl sites for hydroxylation is 2. The molecular weight excluding hydrogens is 211 g/mol. The zero-order valence-corrected chi connectivity index (χ0v) is 9.62. The fourth-order valence-electron chi connectivity index (χ4n) is 1.30. The van der Waals surface area contributed by atoms with E-state index in [0.29, 0.717) is 5.75 Å². The van der Waals surface area contributed by atoms with Crippen LogP contribution in [0.2, 0.25) is 0 Å². The molecule has 0 amide bonds. The van der Waals surface area contributed by atoms with Crippen molar-refractivity contribution in [3.05, 3.63) is 29.3 Å². The molecule has 0 bridgehead atoms. The van der Waals surface area contributed by atoms with Crippen molar-refractivity contribution < 1.29 is 18.7 Å². The molecule has 1 aromatic rings. The summed E-state index contributed by atoms with van der Waals surface area (Å²) in [4.78, 5) is 11.0. The van der Waals surface area contributed by atoms with Gasteiger partial charge in [-0.25, -0.2) is 4.79 Å². The highest BCUT2D eigenvalue weighted by atomic mass is 19.1. The Morgan fingerprint density at radius 2 is 2.12 bits per heavy atom. The molecule has 0 fully saturated rings. The Morgan fingerprint density at radius 1 is 1.44 bits per heavy atom. The molecule has 1 atom stereocenters. The largest absolute Gasteiger partial charge is 0.461 e. The van der Waals surface area contributed by atoms with E-state index in [0.717, 1.165) is 11.1 Å². The Hall–Kier alpha value is -1.58. The number of carbonyl (C=O) groups excluding carboxylic acids is 1. The summed E-state index contributed by atoms with van der Waals surface area (Å²) >= 11 is 0. The van der Waals surface area contributed by atoms with Crippen LogP contribution in [0.5, 0.6) is 5.75 Å². The molecule has 0 aliphatic heterocycles. The van der Waals surface area contributed by atoms with Crippen LogP contribution in [0.4, 0.5) is 4.39 Å². The molecule has 0 saturated heterocycles. The first kappa shape index (κ1) is 12.5. The average molecular weight is 226 g/mol. The highest BCUT2D eigenvalue weighted by Gasteiger charge is 2.20. The predicted molar refractivity (Wildman–Crippen MR) is 58.1 cm³/mol. The third kappa shape index (κ3) is 3.22. The monoisotopic (exact) mass is 226 g/mol. The van der Waals surface area contributed by atoms with Gasteiger partial charge in [-0.3, -0.25) is 0 Å². The number of benzene rings is 1. The van der Waals surface area contributed by atoms with Crippen molar-refractivity contribution in [2.24, 2.45) is 0 Å². The van der Waals surface area contributed by atoms with Crippen molar-refractivity contribution in [2.45, 2.75) is 27.1 Å². The Morgan fingerprint density at radius 3 is 2.69 bits per heavy atom. The summed E-state index contributed by atoms with van der Waals surface area (Å²) in [5, 5.41) is 0. The molecule has 3 nitrogen and oxygen atoms in total. The van der Waals surface area contributed by atoms with Crippen LogP contribution in [0.25, 0.3) is 0 Å². The number of hydrogen-bond donors (Lipinski definition) is 0. The molecule has 0 aliphatic carbocycles. The quantitative estimate of drug-likeness (QED) is 0.740. The second kappa shape index (κ2) is 5.49. The molecule has 0 radical (unpaired) electrons. The molecule has 1 rings (SSSR count). The number of alkyl halides is 1. The maximum atomic E-state index is 13.3. The zero-order chi connectivity index (χ0) is 12.1. The summed E-state index contributed by atoms with van der Waals surface area (Å²) in [7, 11) is 0. The topological polar surface area (TPSA) is 35.5 Å². The lowest BCUT2D eigenvalue weighted by molar-refractivity contribution is -0.159. The van der Waals surface area contributed by atoms with Crippen molar-refractivity contribution in [3.8, 4) is 5.75 Å².